The topological polar surface area (TPSA) is 49.6 Å². The van der Waals surface area contributed by atoms with Gasteiger partial charge in [0.25, 0.3) is 11.1 Å². The van der Waals surface area contributed by atoms with Crippen LogP contribution in [0.4, 0.5) is 5.69 Å². The molecule has 1 aliphatic rings. The lowest BCUT2D eigenvalue weighted by Gasteiger charge is -2.36. The normalized spacial score (nSPS) is 14.2. The molecule has 1 saturated heterocycles. The first kappa shape index (κ1) is 20.6. The van der Waals surface area contributed by atoms with Gasteiger partial charge in [0.2, 0.25) is 0 Å². The number of carbonyl (C=O) groups excluding carboxylic acids is 1. The maximum Gasteiger partial charge on any atom is 0.257 e. The van der Waals surface area contributed by atoms with Crippen LogP contribution in [-0.2, 0) is 5.75 Å². The van der Waals surface area contributed by atoms with E-state index in [2.05, 4.69) is 41.1 Å². The van der Waals surface area contributed by atoms with Crippen molar-refractivity contribution in [3.8, 4) is 0 Å². The van der Waals surface area contributed by atoms with Gasteiger partial charge in [0.05, 0.1) is 0 Å². The lowest BCUT2D eigenvalue weighted by Crippen LogP contribution is -2.49. The highest BCUT2D eigenvalue weighted by molar-refractivity contribution is 7.98. The van der Waals surface area contributed by atoms with Crippen LogP contribution in [0.1, 0.15) is 21.5 Å². The third-order valence-electron chi connectivity index (χ3n) is 5.81. The molecule has 0 atom stereocenters. The van der Waals surface area contributed by atoms with Crippen LogP contribution in [0.5, 0.6) is 0 Å². The summed E-state index contributed by atoms with van der Waals surface area (Å²) in [6.07, 6.45) is 0. The second-order valence-electron chi connectivity index (χ2n) is 8.01. The van der Waals surface area contributed by atoms with Gasteiger partial charge >= 0.3 is 0 Å². The number of benzene rings is 3. The molecule has 5 rings (SSSR count). The number of fused-ring (bicyclic) bond motifs is 1. The van der Waals surface area contributed by atoms with Crippen LogP contribution in [-0.4, -0.2) is 42.0 Å². The number of amides is 1. The molecular formula is C26H25N3O2S. The number of nitrogens with zero attached hydrogens (tertiary/aromatic N) is 3. The molecule has 0 unspecified atom stereocenters. The number of hydrogen-bond acceptors (Lipinski definition) is 5. The molecule has 3 aromatic carbocycles. The molecule has 1 aliphatic heterocycles. The van der Waals surface area contributed by atoms with Crippen molar-refractivity contribution in [3.05, 3.63) is 89.5 Å². The standard InChI is InChI=1S/C26H25N3O2S/c1-19-7-6-9-21(17-19)28-13-15-29(16-14-28)25(30)22-10-3-2-8-20(22)18-32-26-27-23-11-4-5-12-24(23)31-26/h2-12,17H,13-16,18H2,1H3. The van der Waals surface area contributed by atoms with Crippen molar-refractivity contribution in [1.29, 1.82) is 0 Å². The van der Waals surface area contributed by atoms with Gasteiger partial charge in [0, 0.05) is 43.2 Å². The van der Waals surface area contributed by atoms with Crippen molar-refractivity contribution < 1.29 is 9.21 Å². The molecule has 0 N–H and O–H groups in total. The van der Waals surface area contributed by atoms with Gasteiger partial charge in [0.1, 0.15) is 5.52 Å². The zero-order valence-electron chi connectivity index (χ0n) is 18.0. The van der Waals surface area contributed by atoms with Gasteiger partial charge < -0.3 is 14.2 Å². The Bertz CT molecular complexity index is 1210. The molecule has 1 aromatic heterocycles. The largest absolute Gasteiger partial charge is 0.431 e. The Labute approximate surface area is 192 Å². The molecular weight excluding hydrogens is 418 g/mol. The maximum atomic E-state index is 13.3. The van der Waals surface area contributed by atoms with Gasteiger partial charge in [-0.3, -0.25) is 4.79 Å². The highest BCUT2D eigenvalue weighted by Gasteiger charge is 2.24. The Balaban J connectivity index is 1.25. The van der Waals surface area contributed by atoms with E-state index in [9.17, 15) is 4.79 Å². The molecule has 6 heteroatoms. The molecule has 0 bridgehead atoms. The van der Waals surface area contributed by atoms with E-state index in [0.29, 0.717) is 11.0 Å². The first-order chi connectivity index (χ1) is 15.7. The fraction of sp³-hybridized carbons (Fsp3) is 0.231. The van der Waals surface area contributed by atoms with Crippen LogP contribution in [0.2, 0.25) is 0 Å². The van der Waals surface area contributed by atoms with Crippen LogP contribution in [0.25, 0.3) is 11.1 Å². The SMILES string of the molecule is Cc1cccc(N2CCN(C(=O)c3ccccc3CSc3nc4ccccc4o3)CC2)c1. The Morgan fingerprint density at radius 3 is 2.56 bits per heavy atom. The number of rotatable bonds is 5. The van der Waals surface area contributed by atoms with Gasteiger partial charge in [-0.05, 0) is 48.4 Å². The molecule has 0 saturated carbocycles. The third kappa shape index (κ3) is 4.36. The summed E-state index contributed by atoms with van der Waals surface area (Å²) in [4.78, 5) is 22.2. The predicted molar refractivity (Wildman–Crippen MR) is 129 cm³/mol. The number of piperazine rings is 1. The van der Waals surface area contributed by atoms with Gasteiger partial charge in [-0.1, -0.05) is 54.2 Å². The fourth-order valence-corrected chi connectivity index (χ4v) is 4.91. The summed E-state index contributed by atoms with van der Waals surface area (Å²) in [6, 6.07) is 24.2. The molecule has 1 amide bonds. The monoisotopic (exact) mass is 443 g/mol. The lowest BCUT2D eigenvalue weighted by molar-refractivity contribution is 0.0746. The van der Waals surface area contributed by atoms with E-state index >= 15 is 0 Å². The highest BCUT2D eigenvalue weighted by Crippen LogP contribution is 2.28. The zero-order valence-corrected chi connectivity index (χ0v) is 18.8. The van der Waals surface area contributed by atoms with E-state index in [1.165, 1.54) is 23.0 Å². The number of thioether (sulfide) groups is 1. The molecule has 0 spiro atoms. The predicted octanol–water partition coefficient (Wildman–Crippen LogP) is 5.39. The number of carbonyl (C=O) groups is 1. The fourth-order valence-electron chi connectivity index (χ4n) is 4.07. The van der Waals surface area contributed by atoms with Crippen molar-refractivity contribution in [2.24, 2.45) is 0 Å². The van der Waals surface area contributed by atoms with Gasteiger partial charge in [-0.15, -0.1) is 0 Å². The lowest BCUT2D eigenvalue weighted by atomic mass is 10.1. The van der Waals surface area contributed by atoms with E-state index in [1.807, 2.05) is 53.4 Å². The molecule has 0 radical (unpaired) electrons. The molecule has 162 valence electrons. The maximum absolute atomic E-state index is 13.3. The minimum Gasteiger partial charge on any atom is -0.431 e. The summed E-state index contributed by atoms with van der Waals surface area (Å²) in [5.41, 5.74) is 5.89. The zero-order chi connectivity index (χ0) is 21.9. The average Bonchev–Trinajstić information content (AvgIpc) is 3.26. The number of aryl methyl sites for hydroxylation is 1. The summed E-state index contributed by atoms with van der Waals surface area (Å²) < 4.78 is 5.82. The Morgan fingerprint density at radius 2 is 1.75 bits per heavy atom. The number of aromatic nitrogens is 1. The van der Waals surface area contributed by atoms with E-state index in [1.54, 1.807) is 0 Å². The molecule has 32 heavy (non-hydrogen) atoms. The molecule has 0 aliphatic carbocycles. The van der Waals surface area contributed by atoms with Crippen molar-refractivity contribution in [1.82, 2.24) is 9.88 Å². The quantitative estimate of drug-likeness (QED) is 0.387. The highest BCUT2D eigenvalue weighted by atomic mass is 32.2. The first-order valence-electron chi connectivity index (χ1n) is 10.8. The molecule has 2 heterocycles. The minimum atomic E-state index is 0.0997. The number of oxazole rings is 1. The van der Waals surface area contributed by atoms with Gasteiger partial charge in [0.15, 0.2) is 5.58 Å². The third-order valence-corrected chi connectivity index (χ3v) is 6.68. The number of anilines is 1. The van der Waals surface area contributed by atoms with Gasteiger partial charge in [-0.2, -0.15) is 0 Å². The Kier molecular flexibility index (Phi) is 5.86. The van der Waals surface area contributed by atoms with Crippen molar-refractivity contribution in [2.75, 3.05) is 31.1 Å². The summed E-state index contributed by atoms with van der Waals surface area (Å²) >= 11 is 1.52. The van der Waals surface area contributed by atoms with Crippen LogP contribution in [0, 0.1) is 6.92 Å². The second kappa shape index (κ2) is 9.09. The number of para-hydroxylation sites is 2. The van der Waals surface area contributed by atoms with Crippen LogP contribution >= 0.6 is 11.8 Å². The summed E-state index contributed by atoms with van der Waals surface area (Å²) in [5.74, 6) is 0.737. The van der Waals surface area contributed by atoms with Crippen molar-refractivity contribution in [2.45, 2.75) is 17.9 Å². The Morgan fingerprint density at radius 1 is 0.969 bits per heavy atom. The van der Waals surface area contributed by atoms with Crippen molar-refractivity contribution in [3.63, 3.8) is 0 Å². The average molecular weight is 444 g/mol. The van der Waals surface area contributed by atoms with Crippen molar-refractivity contribution >= 4 is 34.5 Å². The van der Waals surface area contributed by atoms with E-state index < -0.39 is 0 Å². The summed E-state index contributed by atoms with van der Waals surface area (Å²) in [5, 5.41) is 0.625. The molecule has 4 aromatic rings. The molecule has 1 fully saturated rings. The summed E-state index contributed by atoms with van der Waals surface area (Å²) in [6.45, 7) is 5.24. The number of hydrogen-bond donors (Lipinski definition) is 0. The minimum absolute atomic E-state index is 0.0997. The first-order valence-corrected chi connectivity index (χ1v) is 11.8. The van der Waals surface area contributed by atoms with Crippen LogP contribution in [0.15, 0.2) is 82.4 Å². The van der Waals surface area contributed by atoms with Crippen LogP contribution < -0.4 is 4.90 Å². The molecule has 5 nitrogen and oxygen atoms in total. The van der Waals surface area contributed by atoms with E-state index in [4.69, 9.17) is 4.42 Å². The smallest absolute Gasteiger partial charge is 0.257 e. The van der Waals surface area contributed by atoms with Crippen LogP contribution in [0.3, 0.4) is 0 Å². The van der Waals surface area contributed by atoms with E-state index in [-0.39, 0.29) is 5.91 Å². The second-order valence-corrected chi connectivity index (χ2v) is 8.94. The summed E-state index contributed by atoms with van der Waals surface area (Å²) in [7, 11) is 0. The van der Waals surface area contributed by atoms with E-state index in [0.717, 1.165) is 48.4 Å². The van der Waals surface area contributed by atoms with Gasteiger partial charge in [-0.25, -0.2) is 4.98 Å². The Hall–Kier alpha value is -3.25.